The van der Waals surface area contributed by atoms with Crippen molar-refractivity contribution in [2.45, 2.75) is 19.8 Å². The maximum Gasteiger partial charge on any atom is 0.196 e. The van der Waals surface area contributed by atoms with Gasteiger partial charge in [-0.15, -0.1) is 4.91 Å². The summed E-state index contributed by atoms with van der Waals surface area (Å²) in [7, 11) is 0. The molecule has 1 N–H and O–H groups in total. The number of carbonyl (C=O) groups excluding carboxylic acids is 1. The molecule has 0 saturated heterocycles. The van der Waals surface area contributed by atoms with E-state index in [1.807, 2.05) is 61.5 Å². The van der Waals surface area contributed by atoms with Gasteiger partial charge in [0.05, 0.1) is 5.56 Å². The Morgan fingerprint density at radius 3 is 2.25 bits per heavy atom. The fourth-order valence-electron chi connectivity index (χ4n) is 3.90. The van der Waals surface area contributed by atoms with Crippen molar-refractivity contribution in [3.05, 3.63) is 99.0 Å². The summed E-state index contributed by atoms with van der Waals surface area (Å²) < 4.78 is 0. The SMILES string of the molecule is Cc1ccc(Nc2ccc(N=O)c3c2C(=C2CC2)c2ccccc2C3=O)cc1. The molecule has 136 valence electrons. The zero-order chi connectivity index (χ0) is 19.3. The number of benzene rings is 3. The number of carbonyl (C=O) groups is 1. The van der Waals surface area contributed by atoms with Crippen LogP contribution in [0.4, 0.5) is 17.1 Å². The Labute approximate surface area is 162 Å². The number of nitroso groups, excluding NO2 is 1. The molecule has 2 aliphatic carbocycles. The fraction of sp³-hybridized carbons (Fsp3) is 0.125. The molecule has 5 rings (SSSR count). The first-order valence-corrected chi connectivity index (χ1v) is 9.38. The molecular weight excluding hydrogens is 348 g/mol. The van der Waals surface area contributed by atoms with Crippen LogP contribution in [0.15, 0.2) is 71.4 Å². The molecule has 4 heteroatoms. The highest BCUT2D eigenvalue weighted by Gasteiger charge is 2.35. The van der Waals surface area contributed by atoms with Crippen LogP contribution >= 0.6 is 0 Å². The Bertz CT molecular complexity index is 1170. The highest BCUT2D eigenvalue weighted by atomic mass is 16.3. The fourth-order valence-corrected chi connectivity index (χ4v) is 3.90. The predicted molar refractivity (Wildman–Crippen MR) is 111 cm³/mol. The number of hydrogen-bond acceptors (Lipinski definition) is 4. The molecule has 0 aromatic heterocycles. The predicted octanol–water partition coefficient (Wildman–Crippen LogP) is 6.28. The van der Waals surface area contributed by atoms with Crippen molar-refractivity contribution in [2.24, 2.45) is 5.18 Å². The topological polar surface area (TPSA) is 58.5 Å². The molecule has 0 radical (unpaired) electrons. The molecule has 4 nitrogen and oxygen atoms in total. The number of ketones is 1. The van der Waals surface area contributed by atoms with Crippen molar-refractivity contribution >= 4 is 28.4 Å². The van der Waals surface area contributed by atoms with Crippen molar-refractivity contribution < 1.29 is 4.79 Å². The lowest BCUT2D eigenvalue weighted by molar-refractivity contribution is 0.103. The minimum atomic E-state index is -0.141. The molecule has 0 bridgehead atoms. The summed E-state index contributed by atoms with van der Waals surface area (Å²) in [4.78, 5) is 24.8. The first kappa shape index (κ1) is 16.6. The largest absolute Gasteiger partial charge is 0.355 e. The van der Waals surface area contributed by atoms with E-state index in [0.29, 0.717) is 11.1 Å². The number of hydrogen-bond donors (Lipinski definition) is 1. The average Bonchev–Trinajstić information content (AvgIpc) is 3.55. The van der Waals surface area contributed by atoms with Gasteiger partial charge >= 0.3 is 0 Å². The van der Waals surface area contributed by atoms with Crippen LogP contribution in [0.3, 0.4) is 0 Å². The summed E-state index contributed by atoms with van der Waals surface area (Å²) in [6, 6.07) is 19.2. The zero-order valence-electron chi connectivity index (χ0n) is 15.5. The molecule has 28 heavy (non-hydrogen) atoms. The molecule has 0 aliphatic heterocycles. The van der Waals surface area contributed by atoms with Crippen LogP contribution in [0.1, 0.15) is 45.5 Å². The van der Waals surface area contributed by atoms with E-state index in [9.17, 15) is 9.70 Å². The first-order valence-electron chi connectivity index (χ1n) is 9.38. The molecule has 1 fully saturated rings. The van der Waals surface area contributed by atoms with Gasteiger partial charge in [-0.3, -0.25) is 4.79 Å². The molecule has 0 heterocycles. The molecule has 0 unspecified atom stereocenters. The van der Waals surface area contributed by atoms with Crippen LogP contribution in [0.2, 0.25) is 0 Å². The Balaban J connectivity index is 1.77. The van der Waals surface area contributed by atoms with Crippen LogP contribution in [-0.2, 0) is 0 Å². The normalized spacial score (nSPS) is 14.4. The van der Waals surface area contributed by atoms with E-state index in [0.717, 1.165) is 40.9 Å². The van der Waals surface area contributed by atoms with Gasteiger partial charge in [0.1, 0.15) is 5.69 Å². The molecule has 3 aromatic rings. The zero-order valence-corrected chi connectivity index (χ0v) is 15.5. The van der Waals surface area contributed by atoms with Crippen molar-refractivity contribution in [3.63, 3.8) is 0 Å². The van der Waals surface area contributed by atoms with E-state index in [1.54, 1.807) is 6.07 Å². The van der Waals surface area contributed by atoms with E-state index in [2.05, 4.69) is 10.5 Å². The highest BCUT2D eigenvalue weighted by Crippen LogP contribution is 2.50. The van der Waals surface area contributed by atoms with E-state index < -0.39 is 0 Å². The minimum absolute atomic E-state index is 0.141. The lowest BCUT2D eigenvalue weighted by Gasteiger charge is -2.25. The van der Waals surface area contributed by atoms with Gasteiger partial charge in [0.2, 0.25) is 0 Å². The van der Waals surface area contributed by atoms with Crippen molar-refractivity contribution in [3.8, 4) is 0 Å². The van der Waals surface area contributed by atoms with E-state index in [1.165, 1.54) is 11.1 Å². The molecule has 1 saturated carbocycles. The maximum atomic E-state index is 13.3. The second-order valence-electron chi connectivity index (χ2n) is 7.32. The second kappa shape index (κ2) is 6.27. The summed E-state index contributed by atoms with van der Waals surface area (Å²) in [5.41, 5.74) is 8.31. The third-order valence-corrected chi connectivity index (χ3v) is 5.38. The van der Waals surface area contributed by atoms with Crippen LogP contribution in [0, 0.1) is 11.8 Å². The number of nitrogens with zero attached hydrogens (tertiary/aromatic N) is 1. The van der Waals surface area contributed by atoms with Crippen molar-refractivity contribution in [1.82, 2.24) is 0 Å². The van der Waals surface area contributed by atoms with Gasteiger partial charge in [0.25, 0.3) is 0 Å². The van der Waals surface area contributed by atoms with Crippen LogP contribution in [0.5, 0.6) is 0 Å². The number of aryl methyl sites for hydroxylation is 1. The summed E-state index contributed by atoms with van der Waals surface area (Å²) in [6.45, 7) is 2.04. The van der Waals surface area contributed by atoms with Crippen LogP contribution in [0.25, 0.3) is 5.57 Å². The van der Waals surface area contributed by atoms with Gasteiger partial charge < -0.3 is 5.32 Å². The number of nitrogens with one attached hydrogen (secondary N) is 1. The van der Waals surface area contributed by atoms with Gasteiger partial charge in [-0.25, -0.2) is 0 Å². The van der Waals surface area contributed by atoms with Crippen molar-refractivity contribution in [1.29, 1.82) is 0 Å². The van der Waals surface area contributed by atoms with Gasteiger partial charge in [-0.2, -0.15) is 0 Å². The summed E-state index contributed by atoms with van der Waals surface area (Å²) in [6.07, 6.45) is 2.03. The maximum absolute atomic E-state index is 13.3. The molecule has 0 atom stereocenters. The summed E-state index contributed by atoms with van der Waals surface area (Å²) >= 11 is 0. The molecule has 0 spiro atoms. The summed E-state index contributed by atoms with van der Waals surface area (Å²) in [5, 5.41) is 6.60. The second-order valence-corrected chi connectivity index (χ2v) is 7.32. The molecule has 2 aliphatic rings. The minimum Gasteiger partial charge on any atom is -0.355 e. The standard InChI is InChI=1S/C24H18N2O2/c1-14-6-10-16(11-7-14)25-19-12-13-20(26-28)23-22(19)21(15-8-9-15)17-4-2-3-5-18(17)24(23)27/h2-7,10-13,25H,8-9H2,1H3. The average molecular weight is 366 g/mol. The van der Waals surface area contributed by atoms with Gasteiger partial charge in [-0.1, -0.05) is 47.5 Å². The summed E-state index contributed by atoms with van der Waals surface area (Å²) in [5.74, 6) is -0.141. The third-order valence-electron chi connectivity index (χ3n) is 5.38. The van der Waals surface area contributed by atoms with Crippen molar-refractivity contribution in [2.75, 3.05) is 5.32 Å². The Morgan fingerprint density at radius 1 is 0.857 bits per heavy atom. The number of anilines is 2. The smallest absolute Gasteiger partial charge is 0.196 e. The third kappa shape index (κ3) is 2.57. The number of fused-ring (bicyclic) bond motifs is 2. The molecule has 3 aromatic carbocycles. The van der Waals surface area contributed by atoms with E-state index in [4.69, 9.17) is 0 Å². The monoisotopic (exact) mass is 366 g/mol. The van der Waals surface area contributed by atoms with Gasteiger partial charge in [-0.05, 0) is 60.3 Å². The Morgan fingerprint density at radius 2 is 1.57 bits per heavy atom. The number of rotatable bonds is 3. The first-order chi connectivity index (χ1) is 13.7. The number of allylic oxidation sites excluding steroid dienone is 1. The highest BCUT2D eigenvalue weighted by molar-refractivity contribution is 6.23. The van der Waals surface area contributed by atoms with Crippen LogP contribution < -0.4 is 5.32 Å². The van der Waals surface area contributed by atoms with Crippen LogP contribution in [-0.4, -0.2) is 5.78 Å². The lowest BCUT2D eigenvalue weighted by Crippen LogP contribution is -2.16. The van der Waals surface area contributed by atoms with E-state index in [-0.39, 0.29) is 11.5 Å². The van der Waals surface area contributed by atoms with Gasteiger partial charge in [0, 0.05) is 22.5 Å². The van der Waals surface area contributed by atoms with Gasteiger partial charge in [0.15, 0.2) is 5.78 Å². The molecule has 0 amide bonds. The Kier molecular flexibility index (Phi) is 3.72. The molecular formula is C24H18N2O2. The Hall–Kier alpha value is -3.53. The quantitative estimate of drug-likeness (QED) is 0.434. The lowest BCUT2D eigenvalue weighted by atomic mass is 9.79. The van der Waals surface area contributed by atoms with E-state index >= 15 is 0 Å².